The van der Waals surface area contributed by atoms with Crippen LogP contribution in [0, 0.1) is 102 Å². The molecule has 0 fully saturated rings. The second-order valence-electron chi connectivity index (χ2n) is 33.2. The van der Waals surface area contributed by atoms with E-state index in [-0.39, 0.29) is 64.4 Å². The first-order valence-electron chi connectivity index (χ1n) is 47.1. The smallest absolute Gasteiger partial charge is 0.508 e. The molecular weight excluding hydrogens is 1970 g/mol. The van der Waals surface area contributed by atoms with Gasteiger partial charge in [0.05, 0.1) is 23.3 Å². The van der Waals surface area contributed by atoms with Gasteiger partial charge in [-0.2, -0.15) is 0 Å². The first kappa shape index (κ1) is 106. The van der Waals surface area contributed by atoms with Crippen molar-refractivity contribution in [3.8, 4) is 104 Å². The fraction of sp³-hybridized carbons (Fsp3) is 0.345. The number of halogens is 4. The summed E-state index contributed by atoms with van der Waals surface area (Å²) in [4.78, 5) is 17.7. The number of hydrogen-bond donors (Lipinski definition) is 1. The minimum absolute atomic E-state index is 0. The fourth-order valence-corrected chi connectivity index (χ4v) is 14.7. The summed E-state index contributed by atoms with van der Waals surface area (Å²) in [7, 11) is 0. The van der Waals surface area contributed by atoms with Crippen LogP contribution in [0.4, 0.5) is 17.6 Å². The van der Waals surface area contributed by atoms with Crippen LogP contribution < -0.4 is 0 Å². The molecule has 0 radical (unpaired) electrons. The third-order valence-corrected chi connectivity index (χ3v) is 22.5. The molecular formula is C119H127F4N4OPt2-. The maximum Gasteiger partial charge on any atom is 2.00 e. The molecule has 0 aliphatic heterocycles. The van der Waals surface area contributed by atoms with E-state index in [1.807, 2.05) is 31.2 Å². The number of hydrogen-bond acceptors (Lipinski definition) is 5. The Morgan fingerprint density at radius 3 is 0.646 bits per heavy atom. The molecule has 0 bridgehead atoms. The summed E-state index contributed by atoms with van der Waals surface area (Å²) < 4.78 is 59.9. The van der Waals surface area contributed by atoms with Crippen LogP contribution in [-0.4, -0.2) is 25.0 Å². The van der Waals surface area contributed by atoms with E-state index in [9.17, 15) is 17.6 Å². The number of benzene rings is 8. The van der Waals surface area contributed by atoms with Gasteiger partial charge in [-0.25, -0.2) is 0 Å². The molecule has 12 rings (SSSR count). The SMILES string of the molecule is CCCCCCCCc1ccc(C#Cc2ccc(-c3[c-]c(-c4ccc(C#Cc5ccc(CCCCCCCC)cc5)cn4)c(F)cc3F)nc2)cc1.CCCCCCCCc1ccc(C#Cc2ccc(-c3[c-]c(-c4ccc(C#Cc5ccc(CCCCCCCC)cc5)cn4)c(F)cc3F)nc2)cc1.Cc1ccc(O)cc1.[C-]#Cc1ccc(CCCCCCCC)cc1.[Pt+2].[Pt]. The van der Waals surface area contributed by atoms with Crippen molar-refractivity contribution in [1.29, 1.82) is 0 Å². The van der Waals surface area contributed by atoms with Crippen molar-refractivity contribution in [2.24, 2.45) is 0 Å². The van der Waals surface area contributed by atoms with Crippen LogP contribution in [-0.2, 0) is 74.2 Å². The van der Waals surface area contributed by atoms with Gasteiger partial charge in [0.25, 0.3) is 0 Å². The molecule has 11 heteroatoms. The standard InChI is InChI=1S/2C48H49F2N2.C16H21.C7H8O.2Pt/c2*1-3-5-7-9-11-13-15-37-17-21-39(22-18-37)25-27-41-29-31-47(51-35-41)43-33-44(46(50)34-45(43)49)48-32-30-42(36-52-48)28-26-40-23-19-38(20-24-40)16-14-12-10-8-6-4-2;1-3-5-6-7-8-9-10-16-13-11-15(4-2)12-14-16;1-6-2-4-7(8)5-3-6;;/h2*17-24,29-32,34-36H,3-16H2,1-2H3;11-14H,3,5-10H2,1H3;2-5,8H,1H3;;/q3*-1;;;+2. The second-order valence-corrected chi connectivity index (χ2v) is 33.2. The molecule has 8 aromatic carbocycles. The first-order valence-corrected chi connectivity index (χ1v) is 47.1. The summed E-state index contributed by atoms with van der Waals surface area (Å²) in [6, 6.07) is 70.2. The number of aromatic nitrogens is 4. The number of aromatic hydroxyl groups is 1. The fourth-order valence-electron chi connectivity index (χ4n) is 14.7. The van der Waals surface area contributed by atoms with Gasteiger partial charge >= 0.3 is 21.1 Å². The number of phenolic OH excluding ortho intramolecular Hbond substituents is 1. The van der Waals surface area contributed by atoms with E-state index < -0.39 is 23.3 Å². The molecule has 0 saturated carbocycles. The van der Waals surface area contributed by atoms with Crippen LogP contribution in [0.3, 0.4) is 0 Å². The largest absolute Gasteiger partial charge is 2.00 e. The molecule has 0 aliphatic rings. The predicted octanol–water partition coefficient (Wildman–Crippen LogP) is 31.2. The molecule has 0 saturated heterocycles. The van der Waals surface area contributed by atoms with Crippen molar-refractivity contribution in [1.82, 2.24) is 19.9 Å². The third-order valence-electron chi connectivity index (χ3n) is 22.5. The summed E-state index contributed by atoms with van der Waals surface area (Å²) in [6.45, 7) is 13.2. The van der Waals surface area contributed by atoms with E-state index in [4.69, 9.17) is 11.5 Å². The van der Waals surface area contributed by atoms with Gasteiger partial charge in [-0.3, -0.25) is 43.4 Å². The van der Waals surface area contributed by atoms with Crippen molar-refractivity contribution >= 4 is 0 Å². The Morgan fingerprint density at radius 2 is 0.454 bits per heavy atom. The van der Waals surface area contributed by atoms with Gasteiger partial charge in [0.15, 0.2) is 0 Å². The van der Waals surface area contributed by atoms with E-state index in [2.05, 4.69) is 229 Å². The van der Waals surface area contributed by atoms with Crippen LogP contribution in [0.25, 0.3) is 45.0 Å². The van der Waals surface area contributed by atoms with Crippen molar-refractivity contribution in [3.05, 3.63) is 356 Å². The van der Waals surface area contributed by atoms with Crippen LogP contribution in [0.5, 0.6) is 5.75 Å². The predicted molar refractivity (Wildman–Crippen MR) is 524 cm³/mol. The molecule has 0 unspecified atom stereocenters. The monoisotopic (exact) mass is 2090 g/mol. The maximum atomic E-state index is 15.0. The zero-order chi connectivity index (χ0) is 90.4. The molecule has 0 amide bonds. The van der Waals surface area contributed by atoms with E-state index in [1.54, 1.807) is 85.5 Å². The van der Waals surface area contributed by atoms with E-state index in [1.165, 1.54) is 232 Å². The molecule has 0 aliphatic carbocycles. The third kappa shape index (κ3) is 39.8. The van der Waals surface area contributed by atoms with Gasteiger partial charge in [-0.05, 0) is 154 Å². The first-order chi connectivity index (χ1) is 62.7. The number of phenols is 1. The average molecular weight is 2100 g/mol. The van der Waals surface area contributed by atoms with Gasteiger partial charge in [-0.1, -0.05) is 409 Å². The van der Waals surface area contributed by atoms with Crippen molar-refractivity contribution < 1.29 is 64.8 Å². The molecule has 4 aromatic heterocycles. The topological polar surface area (TPSA) is 71.8 Å². The minimum Gasteiger partial charge on any atom is -0.508 e. The van der Waals surface area contributed by atoms with Crippen LogP contribution >= 0.6 is 0 Å². The molecule has 4 heterocycles. The molecule has 0 atom stereocenters. The minimum atomic E-state index is -0.742. The molecule has 0 spiro atoms. The molecule has 1 N–H and O–H groups in total. The summed E-state index contributed by atoms with van der Waals surface area (Å²) in [5, 5.41) is 8.76. The summed E-state index contributed by atoms with van der Waals surface area (Å²) >= 11 is 0. The number of aryl methyl sites for hydroxylation is 6. The maximum absolute atomic E-state index is 15.0. The Morgan fingerprint density at radius 1 is 0.262 bits per heavy atom. The number of rotatable bonds is 39. The van der Waals surface area contributed by atoms with Crippen molar-refractivity contribution in [2.75, 3.05) is 0 Å². The average Bonchev–Trinajstić information content (AvgIpc) is 0.800. The molecule has 12 aromatic rings. The van der Waals surface area contributed by atoms with Gasteiger partial charge in [-0.15, -0.1) is 29.8 Å². The van der Waals surface area contributed by atoms with E-state index >= 15 is 0 Å². The van der Waals surface area contributed by atoms with Gasteiger partial charge < -0.3 is 11.5 Å². The van der Waals surface area contributed by atoms with Gasteiger partial charge in [0.2, 0.25) is 0 Å². The molecule has 5 nitrogen and oxygen atoms in total. The van der Waals surface area contributed by atoms with E-state index in [0.717, 1.165) is 65.6 Å². The Labute approximate surface area is 805 Å². The number of nitrogens with zero attached hydrogens (tertiary/aromatic N) is 4. The van der Waals surface area contributed by atoms with Gasteiger partial charge in [0, 0.05) is 113 Å². The summed E-state index contributed by atoms with van der Waals surface area (Å²) in [5.74, 6) is 25.0. The number of unbranched alkanes of at least 4 members (excludes halogenated alkanes) is 25. The van der Waals surface area contributed by atoms with Crippen LogP contribution in [0.1, 0.15) is 311 Å². The Kier molecular flexibility index (Phi) is 50.9. The molecule has 678 valence electrons. The normalized spacial score (nSPS) is 10.3. The zero-order valence-corrected chi connectivity index (χ0v) is 81.6. The Hall–Kier alpha value is -10.9. The van der Waals surface area contributed by atoms with Gasteiger partial charge in [0.1, 0.15) is 5.75 Å². The van der Waals surface area contributed by atoms with Crippen molar-refractivity contribution in [2.45, 2.75) is 266 Å². The molecule has 130 heavy (non-hydrogen) atoms. The second kappa shape index (κ2) is 62.4. The summed E-state index contributed by atoms with van der Waals surface area (Å²) in [5.41, 5.74) is 16.9. The quantitative estimate of drug-likeness (QED) is 0.0180. The Balaban J connectivity index is 0.000000279. The zero-order valence-electron chi connectivity index (χ0n) is 77.1. The van der Waals surface area contributed by atoms with Crippen LogP contribution in [0.2, 0.25) is 0 Å². The summed E-state index contributed by atoms with van der Waals surface area (Å²) in [6.07, 6.45) is 58.0. The van der Waals surface area contributed by atoms with E-state index in [0.29, 0.717) is 50.8 Å². The Bertz CT molecular complexity index is 4950. The number of pyridine rings is 4. The van der Waals surface area contributed by atoms with Crippen LogP contribution in [0.15, 0.2) is 231 Å². The van der Waals surface area contributed by atoms with Crippen molar-refractivity contribution in [3.63, 3.8) is 0 Å².